The zero-order valence-electron chi connectivity index (χ0n) is 4.34. The quantitative estimate of drug-likeness (QED) is 0.361. The Labute approximate surface area is 54.1 Å². The van der Waals surface area contributed by atoms with Gasteiger partial charge in [-0.3, -0.25) is 0 Å². The minimum atomic E-state index is -2.71. The number of hydrogen-bond acceptors (Lipinski definition) is 4. The van der Waals surface area contributed by atoms with Crippen LogP contribution in [-0.2, 0) is 21.0 Å². The Bertz CT molecular complexity index is 328. The fourth-order valence-electron chi connectivity index (χ4n) is 0.121. The van der Waals surface area contributed by atoms with Gasteiger partial charge in [0.2, 0.25) is 0 Å². The number of rotatable bonds is 1. The van der Waals surface area contributed by atoms with E-state index in [9.17, 15) is 16.8 Å². The Morgan fingerprint density at radius 1 is 1.22 bits per heavy atom. The van der Waals surface area contributed by atoms with Gasteiger partial charge in [-0.05, 0) is 0 Å². The second-order valence-corrected chi connectivity index (χ2v) is 2.54. The van der Waals surface area contributed by atoms with E-state index in [4.69, 9.17) is 0 Å². The van der Waals surface area contributed by atoms with Gasteiger partial charge in [-0.2, -0.15) is 8.42 Å². The summed E-state index contributed by atoms with van der Waals surface area (Å²) < 4.78 is 41.8. The molecule has 0 aliphatic carbocycles. The van der Waals surface area contributed by atoms with E-state index in [-0.39, 0.29) is 0 Å². The Morgan fingerprint density at radius 3 is 1.78 bits per heavy atom. The van der Waals surface area contributed by atoms with Crippen LogP contribution in [0.4, 0.5) is 0 Å². The van der Waals surface area contributed by atoms with Gasteiger partial charge in [-0.15, -0.1) is 8.42 Å². The normalized spacial score (nSPS) is 8.11. The molecule has 0 radical (unpaired) electrons. The van der Waals surface area contributed by atoms with E-state index in [0.717, 1.165) is 7.05 Å². The van der Waals surface area contributed by atoms with Gasteiger partial charge >= 0.3 is 21.0 Å². The molecule has 0 bridgehead atoms. The SMILES string of the molecule is C[N+](N=S(=O)=O)=S(=O)=O. The molecule has 0 unspecified atom stereocenters. The van der Waals surface area contributed by atoms with Crippen LogP contribution in [0.25, 0.3) is 0 Å². The minimum absolute atomic E-state index is 0.295. The molecule has 0 saturated carbocycles. The van der Waals surface area contributed by atoms with Crippen molar-refractivity contribution >= 4 is 21.0 Å². The van der Waals surface area contributed by atoms with Crippen LogP contribution in [0.5, 0.6) is 0 Å². The van der Waals surface area contributed by atoms with Crippen LogP contribution in [0, 0.1) is 0 Å². The minimum Gasteiger partial charge on any atom is -0.158 e. The zero-order valence-corrected chi connectivity index (χ0v) is 5.98. The molecular weight excluding hydrogens is 168 g/mol. The Morgan fingerprint density at radius 2 is 1.67 bits per heavy atom. The second-order valence-electron chi connectivity index (χ2n) is 0.980. The van der Waals surface area contributed by atoms with E-state index in [1.165, 1.54) is 0 Å². The highest BCUT2D eigenvalue weighted by molar-refractivity contribution is 7.62. The van der Waals surface area contributed by atoms with Crippen LogP contribution in [0.2, 0.25) is 0 Å². The lowest BCUT2D eigenvalue weighted by atomic mass is 11.5. The first-order chi connectivity index (χ1) is 4.04. The average molecular weight is 171 g/mol. The summed E-state index contributed by atoms with van der Waals surface area (Å²) in [7, 11) is -4.32. The number of nitrogens with zero attached hydrogens (tertiary/aromatic N) is 2. The summed E-state index contributed by atoms with van der Waals surface area (Å²) in [5, 5.41) is 0. The van der Waals surface area contributed by atoms with Gasteiger partial charge in [0.25, 0.3) is 0 Å². The maximum Gasteiger partial charge on any atom is 0.491 e. The van der Waals surface area contributed by atoms with Crippen LogP contribution < -0.4 is 0 Å². The molecule has 0 N–H and O–H groups in total. The first-order valence-electron chi connectivity index (χ1n) is 1.68. The standard InChI is InChI=1S/CH3N2O4S2/c1-3(9(6)7)2-8(4)5/h1H3/q+1. The van der Waals surface area contributed by atoms with E-state index >= 15 is 0 Å². The van der Waals surface area contributed by atoms with E-state index in [0.29, 0.717) is 4.05 Å². The van der Waals surface area contributed by atoms with Gasteiger partial charge in [0.15, 0.2) is 7.05 Å². The third-order valence-electron chi connectivity index (χ3n) is 0.397. The summed E-state index contributed by atoms with van der Waals surface area (Å²) in [6, 6.07) is 0. The summed E-state index contributed by atoms with van der Waals surface area (Å²) in [6.45, 7) is 0. The lowest BCUT2D eigenvalue weighted by molar-refractivity contribution is -0.473. The highest BCUT2D eigenvalue weighted by Crippen LogP contribution is 1.64. The van der Waals surface area contributed by atoms with Crippen LogP contribution in [0.15, 0.2) is 4.47 Å². The van der Waals surface area contributed by atoms with Crippen LogP contribution in [0.1, 0.15) is 0 Å². The smallest absolute Gasteiger partial charge is 0.158 e. The summed E-state index contributed by atoms with van der Waals surface area (Å²) in [4.78, 5) is 0. The van der Waals surface area contributed by atoms with Gasteiger partial charge in [-0.1, -0.05) is 0 Å². The maximum absolute atomic E-state index is 9.79. The fourth-order valence-corrected chi connectivity index (χ4v) is 0.690. The highest BCUT2D eigenvalue weighted by Gasteiger charge is 1.92. The molecule has 0 aliphatic rings. The highest BCUT2D eigenvalue weighted by atomic mass is 32.2. The molecule has 0 heterocycles. The molecule has 0 atom stereocenters. The molecule has 0 fully saturated rings. The summed E-state index contributed by atoms with van der Waals surface area (Å²) in [5.41, 5.74) is 0. The molecule has 0 aromatic carbocycles. The third kappa shape index (κ3) is 3.79. The Kier molecular flexibility index (Phi) is 3.02. The molecule has 0 spiro atoms. The van der Waals surface area contributed by atoms with Crippen molar-refractivity contribution in [3.63, 3.8) is 0 Å². The van der Waals surface area contributed by atoms with Crippen molar-refractivity contribution in [2.75, 3.05) is 7.05 Å². The Hall–Kier alpha value is -0.760. The average Bonchev–Trinajstić information content (AvgIpc) is 1.63. The van der Waals surface area contributed by atoms with Gasteiger partial charge < -0.3 is 0 Å². The van der Waals surface area contributed by atoms with Gasteiger partial charge in [0.05, 0.1) is 0 Å². The molecule has 0 rings (SSSR count). The largest absolute Gasteiger partial charge is 0.491 e. The van der Waals surface area contributed by atoms with Crippen LogP contribution in [0.3, 0.4) is 0 Å². The predicted octanol–water partition coefficient (Wildman–Crippen LogP) is -1.33. The molecule has 0 aliphatic heterocycles. The molecule has 0 aromatic heterocycles. The third-order valence-corrected chi connectivity index (χ3v) is 1.39. The zero-order chi connectivity index (χ0) is 7.44. The molecule has 9 heavy (non-hydrogen) atoms. The summed E-state index contributed by atoms with van der Waals surface area (Å²) in [6.07, 6.45) is 0. The van der Waals surface area contributed by atoms with Crippen LogP contribution >= 0.6 is 0 Å². The molecular formula is CH3N2O4S2+. The summed E-state index contributed by atoms with van der Waals surface area (Å²) >= 11 is 0. The topological polar surface area (TPSA) is 83.7 Å². The van der Waals surface area contributed by atoms with Gasteiger partial charge in [0.1, 0.15) is 4.47 Å². The first-order valence-corrected chi connectivity index (χ1v) is 3.74. The van der Waals surface area contributed by atoms with E-state index in [1.807, 2.05) is 0 Å². The summed E-state index contributed by atoms with van der Waals surface area (Å²) in [5.74, 6) is 0. The molecule has 0 amide bonds. The lowest BCUT2D eigenvalue weighted by Gasteiger charge is -1.60. The van der Waals surface area contributed by atoms with E-state index in [1.54, 1.807) is 0 Å². The fraction of sp³-hybridized carbons (Fsp3) is 1.00. The van der Waals surface area contributed by atoms with Crippen molar-refractivity contribution in [3.05, 3.63) is 0 Å². The van der Waals surface area contributed by atoms with Crippen molar-refractivity contribution in [2.24, 2.45) is 4.47 Å². The molecule has 0 aromatic rings. The van der Waals surface area contributed by atoms with E-state index < -0.39 is 21.0 Å². The van der Waals surface area contributed by atoms with Gasteiger partial charge in [-0.25, -0.2) is 0 Å². The van der Waals surface area contributed by atoms with Crippen molar-refractivity contribution in [3.8, 4) is 0 Å². The Balaban J connectivity index is 5.15. The van der Waals surface area contributed by atoms with Crippen molar-refractivity contribution in [2.45, 2.75) is 0 Å². The van der Waals surface area contributed by atoms with Crippen molar-refractivity contribution in [1.82, 2.24) is 0 Å². The van der Waals surface area contributed by atoms with Crippen LogP contribution in [-0.4, -0.2) is 27.9 Å². The van der Waals surface area contributed by atoms with E-state index in [2.05, 4.69) is 4.47 Å². The van der Waals surface area contributed by atoms with Crippen molar-refractivity contribution in [1.29, 1.82) is 0 Å². The second kappa shape index (κ2) is 3.30. The molecule has 8 heteroatoms. The maximum atomic E-state index is 9.79. The molecule has 0 saturated heterocycles. The van der Waals surface area contributed by atoms with Crippen molar-refractivity contribution < 1.29 is 20.9 Å². The predicted molar refractivity (Wildman–Crippen MR) is 26.5 cm³/mol. The lowest BCUT2D eigenvalue weighted by Crippen LogP contribution is -1.91. The number of hydrogen-bond donors (Lipinski definition) is 0. The first kappa shape index (κ1) is 8.24. The molecule has 6 nitrogen and oxygen atoms in total. The monoisotopic (exact) mass is 171 g/mol. The molecule has 52 valence electrons. The van der Waals surface area contributed by atoms with Gasteiger partial charge in [0, 0.05) is 4.05 Å².